The summed E-state index contributed by atoms with van der Waals surface area (Å²) >= 11 is 1.32. The number of benzene rings is 1. The van der Waals surface area contributed by atoms with E-state index in [0.29, 0.717) is 22.0 Å². The molecule has 1 amide bonds. The van der Waals surface area contributed by atoms with Crippen molar-refractivity contribution < 1.29 is 14.1 Å². The molecule has 8 heteroatoms. The largest absolute Gasteiger partial charge is 0.455 e. The fourth-order valence-electron chi connectivity index (χ4n) is 1.97. The lowest BCUT2D eigenvalue weighted by molar-refractivity contribution is -0.384. The van der Waals surface area contributed by atoms with Gasteiger partial charge in [0.1, 0.15) is 11.5 Å². The van der Waals surface area contributed by atoms with Crippen molar-refractivity contribution in [2.45, 2.75) is 0 Å². The maximum absolute atomic E-state index is 11.7. The van der Waals surface area contributed by atoms with Gasteiger partial charge in [-0.15, -0.1) is 11.3 Å². The first kappa shape index (κ1) is 15.6. The molecule has 1 aromatic carbocycles. The number of nitro groups is 1. The predicted octanol–water partition coefficient (Wildman–Crippen LogP) is 3.68. The molecular formula is C16H11N3O4S. The Morgan fingerprint density at radius 3 is 2.88 bits per heavy atom. The summed E-state index contributed by atoms with van der Waals surface area (Å²) in [6, 6.07) is 13.0. The van der Waals surface area contributed by atoms with E-state index in [9.17, 15) is 14.9 Å². The average Bonchev–Trinajstić information content (AvgIpc) is 3.27. The van der Waals surface area contributed by atoms with Crippen LogP contribution in [0.3, 0.4) is 0 Å². The van der Waals surface area contributed by atoms with Crippen LogP contribution in [0, 0.1) is 10.1 Å². The van der Waals surface area contributed by atoms with Gasteiger partial charge < -0.3 is 4.42 Å². The minimum Gasteiger partial charge on any atom is -0.455 e. The van der Waals surface area contributed by atoms with Gasteiger partial charge in [-0.25, -0.2) is 5.43 Å². The smallest absolute Gasteiger partial charge is 0.281 e. The Hall–Kier alpha value is -3.26. The van der Waals surface area contributed by atoms with Crippen molar-refractivity contribution in [3.63, 3.8) is 0 Å². The Morgan fingerprint density at radius 2 is 2.12 bits per heavy atom. The zero-order chi connectivity index (χ0) is 16.9. The highest BCUT2D eigenvalue weighted by molar-refractivity contribution is 7.12. The predicted molar refractivity (Wildman–Crippen MR) is 90.2 cm³/mol. The second-order valence-corrected chi connectivity index (χ2v) is 5.63. The third-order valence-corrected chi connectivity index (χ3v) is 3.94. The number of hydrogen-bond donors (Lipinski definition) is 1. The standard InChI is InChI=1S/C16H11N3O4S/c20-16(15-5-2-8-24-15)18-17-10-13-6-7-14(23-13)11-3-1-4-12(9-11)19(21)22/h1-10H,(H,18,20)/b17-10-. The van der Waals surface area contributed by atoms with Gasteiger partial charge in [-0.1, -0.05) is 18.2 Å². The molecule has 0 aliphatic heterocycles. The molecule has 0 saturated heterocycles. The van der Waals surface area contributed by atoms with Crippen LogP contribution in [0.5, 0.6) is 0 Å². The van der Waals surface area contributed by atoms with Crippen LogP contribution in [0.4, 0.5) is 5.69 Å². The molecule has 0 aliphatic rings. The Bertz CT molecular complexity index is 900. The Kier molecular flexibility index (Phi) is 4.48. The zero-order valence-electron chi connectivity index (χ0n) is 12.2. The number of nitrogens with one attached hydrogen (secondary N) is 1. The van der Waals surface area contributed by atoms with Gasteiger partial charge in [0.05, 0.1) is 16.0 Å². The highest BCUT2D eigenvalue weighted by Gasteiger charge is 2.10. The Morgan fingerprint density at radius 1 is 1.25 bits per heavy atom. The summed E-state index contributed by atoms with van der Waals surface area (Å²) < 4.78 is 5.56. The summed E-state index contributed by atoms with van der Waals surface area (Å²) in [6.07, 6.45) is 1.37. The van der Waals surface area contributed by atoms with E-state index in [1.165, 1.54) is 29.7 Å². The highest BCUT2D eigenvalue weighted by Crippen LogP contribution is 2.25. The third kappa shape index (κ3) is 3.55. The summed E-state index contributed by atoms with van der Waals surface area (Å²) in [5.74, 6) is 0.597. The van der Waals surface area contributed by atoms with Gasteiger partial charge in [0.15, 0.2) is 0 Å². The molecule has 7 nitrogen and oxygen atoms in total. The number of thiophene rings is 1. The number of furan rings is 1. The molecule has 2 heterocycles. The van der Waals surface area contributed by atoms with Crippen LogP contribution >= 0.6 is 11.3 Å². The van der Waals surface area contributed by atoms with Crippen LogP contribution in [0.15, 0.2) is 63.4 Å². The molecule has 0 spiro atoms. The Balaban J connectivity index is 1.69. The number of carbonyl (C=O) groups excluding carboxylic acids is 1. The first-order chi connectivity index (χ1) is 11.6. The van der Waals surface area contributed by atoms with Crippen LogP contribution in [-0.2, 0) is 0 Å². The zero-order valence-corrected chi connectivity index (χ0v) is 13.0. The summed E-state index contributed by atoms with van der Waals surface area (Å²) in [4.78, 5) is 22.6. The minimum atomic E-state index is -0.463. The average molecular weight is 341 g/mol. The first-order valence-corrected chi connectivity index (χ1v) is 7.73. The SMILES string of the molecule is O=C(N/N=C\c1ccc(-c2cccc([N+](=O)[O-])c2)o1)c1cccs1. The lowest BCUT2D eigenvalue weighted by Crippen LogP contribution is -2.15. The second kappa shape index (κ2) is 6.88. The molecule has 120 valence electrons. The van der Waals surface area contributed by atoms with E-state index in [1.54, 1.807) is 41.8 Å². The number of rotatable bonds is 5. The number of hydrogen-bond acceptors (Lipinski definition) is 6. The molecule has 3 rings (SSSR count). The molecule has 0 saturated carbocycles. The van der Waals surface area contributed by atoms with Crippen molar-refractivity contribution in [1.29, 1.82) is 0 Å². The van der Waals surface area contributed by atoms with E-state index in [1.807, 2.05) is 0 Å². The van der Waals surface area contributed by atoms with Crippen molar-refractivity contribution >= 4 is 29.1 Å². The maximum atomic E-state index is 11.7. The first-order valence-electron chi connectivity index (χ1n) is 6.85. The molecule has 0 fully saturated rings. The second-order valence-electron chi connectivity index (χ2n) is 4.69. The van der Waals surface area contributed by atoms with E-state index < -0.39 is 4.92 Å². The minimum absolute atomic E-state index is 0.0117. The summed E-state index contributed by atoms with van der Waals surface area (Å²) in [5, 5.41) is 16.4. The molecule has 1 N–H and O–H groups in total. The molecule has 0 bridgehead atoms. The highest BCUT2D eigenvalue weighted by atomic mass is 32.1. The molecule has 0 atom stereocenters. The van der Waals surface area contributed by atoms with Crippen molar-refractivity contribution in [2.75, 3.05) is 0 Å². The normalized spacial score (nSPS) is 10.8. The number of amides is 1. The van der Waals surface area contributed by atoms with Crippen molar-refractivity contribution in [2.24, 2.45) is 5.10 Å². The van der Waals surface area contributed by atoms with Crippen molar-refractivity contribution in [1.82, 2.24) is 5.43 Å². The van der Waals surface area contributed by atoms with Gasteiger partial charge in [-0.05, 0) is 23.6 Å². The van der Waals surface area contributed by atoms with E-state index >= 15 is 0 Å². The lowest BCUT2D eigenvalue weighted by atomic mass is 10.1. The van der Waals surface area contributed by atoms with Gasteiger partial charge in [0.25, 0.3) is 11.6 Å². The van der Waals surface area contributed by atoms with Gasteiger partial charge in [0, 0.05) is 17.7 Å². The lowest BCUT2D eigenvalue weighted by Gasteiger charge is -1.97. The summed E-state index contributed by atoms with van der Waals surface area (Å²) in [5.41, 5.74) is 2.98. The van der Waals surface area contributed by atoms with Crippen LogP contribution < -0.4 is 5.43 Å². The van der Waals surface area contributed by atoms with Crippen molar-refractivity contribution in [3.05, 3.63) is 74.7 Å². The van der Waals surface area contributed by atoms with Crippen LogP contribution in [-0.4, -0.2) is 17.0 Å². The van der Waals surface area contributed by atoms with E-state index in [4.69, 9.17) is 4.42 Å². The van der Waals surface area contributed by atoms with Crippen LogP contribution in [0.2, 0.25) is 0 Å². The number of nitro benzene ring substituents is 1. The van der Waals surface area contributed by atoms with E-state index in [0.717, 1.165) is 0 Å². The molecule has 0 radical (unpaired) electrons. The van der Waals surface area contributed by atoms with Gasteiger partial charge in [-0.3, -0.25) is 14.9 Å². The monoisotopic (exact) mass is 341 g/mol. The molecule has 3 aromatic rings. The number of non-ortho nitro benzene ring substituents is 1. The van der Waals surface area contributed by atoms with E-state index in [-0.39, 0.29) is 11.6 Å². The fraction of sp³-hybridized carbons (Fsp3) is 0. The summed E-state index contributed by atoms with van der Waals surface area (Å²) in [6.45, 7) is 0. The topological polar surface area (TPSA) is 97.7 Å². The number of hydrazone groups is 1. The number of carbonyl (C=O) groups is 1. The van der Waals surface area contributed by atoms with Crippen LogP contribution in [0.25, 0.3) is 11.3 Å². The fourth-order valence-corrected chi connectivity index (χ4v) is 2.58. The van der Waals surface area contributed by atoms with Crippen molar-refractivity contribution in [3.8, 4) is 11.3 Å². The van der Waals surface area contributed by atoms with Gasteiger partial charge in [0.2, 0.25) is 0 Å². The van der Waals surface area contributed by atoms with Crippen LogP contribution in [0.1, 0.15) is 15.4 Å². The van der Waals surface area contributed by atoms with E-state index in [2.05, 4.69) is 10.5 Å². The molecule has 24 heavy (non-hydrogen) atoms. The third-order valence-electron chi connectivity index (χ3n) is 3.07. The van der Waals surface area contributed by atoms with Gasteiger partial charge >= 0.3 is 0 Å². The van der Waals surface area contributed by atoms with Gasteiger partial charge in [-0.2, -0.15) is 5.10 Å². The molecule has 0 aliphatic carbocycles. The molecule has 2 aromatic heterocycles. The quantitative estimate of drug-likeness (QED) is 0.435. The number of nitrogens with zero attached hydrogens (tertiary/aromatic N) is 2. The summed E-state index contributed by atoms with van der Waals surface area (Å²) in [7, 11) is 0. The molecule has 0 unspecified atom stereocenters. The molecular weight excluding hydrogens is 330 g/mol. The maximum Gasteiger partial charge on any atom is 0.281 e. The Labute approximate surface area is 140 Å².